The second-order valence-corrected chi connectivity index (χ2v) is 9.37. The number of benzene rings is 1. The van der Waals surface area contributed by atoms with E-state index in [1.165, 1.54) is 6.08 Å². The van der Waals surface area contributed by atoms with Crippen molar-refractivity contribution in [3.05, 3.63) is 46.8 Å². The zero-order valence-corrected chi connectivity index (χ0v) is 16.7. The summed E-state index contributed by atoms with van der Waals surface area (Å²) in [6.07, 6.45) is 3.83. The average Bonchev–Trinajstić information content (AvgIpc) is 3.18. The highest BCUT2D eigenvalue weighted by Crippen LogP contribution is 2.31. The number of allylic oxidation sites excluding steroid dienone is 1. The molecule has 0 radical (unpaired) electrons. The highest BCUT2D eigenvalue weighted by Gasteiger charge is 2.31. The van der Waals surface area contributed by atoms with Crippen LogP contribution in [0.5, 0.6) is 11.5 Å². The van der Waals surface area contributed by atoms with E-state index in [9.17, 15) is 13.2 Å². The summed E-state index contributed by atoms with van der Waals surface area (Å²) in [6, 6.07) is 5.00. The number of hydrogen-bond acceptors (Lipinski definition) is 6. The Morgan fingerprint density at radius 1 is 1.21 bits per heavy atom. The minimum atomic E-state index is -2.99. The van der Waals surface area contributed by atoms with E-state index < -0.39 is 9.84 Å². The largest absolute Gasteiger partial charge is 0.486 e. The maximum atomic E-state index is 12.6. The first-order chi connectivity index (χ1) is 13.3. The van der Waals surface area contributed by atoms with Gasteiger partial charge in [0.05, 0.1) is 23.2 Å². The SMILES string of the molecule is Cc1nn([C@@H]2CCS(=O)(=O)C2)c(C)c1/C=C/C(=O)c1ccc2c(c1)OCCO2. The standard InChI is InChI=1S/C20H22N2O5S/c1-13-17(14(2)22(21-13)16-7-10-28(24,25)12-16)4-5-18(23)15-3-6-19-20(11-15)27-9-8-26-19/h3-6,11,16H,7-10,12H2,1-2H3/b5-4+/t16-/m1/s1. The highest BCUT2D eigenvalue weighted by molar-refractivity contribution is 7.91. The molecule has 1 atom stereocenters. The molecule has 2 aromatic rings. The van der Waals surface area contributed by atoms with Crippen molar-refractivity contribution in [2.24, 2.45) is 0 Å². The Bertz CT molecular complexity index is 1070. The number of aryl methyl sites for hydroxylation is 1. The molecule has 3 heterocycles. The normalized spacial score (nSPS) is 20.6. The molecule has 4 rings (SSSR count). The van der Waals surface area contributed by atoms with Crippen LogP contribution in [0, 0.1) is 13.8 Å². The van der Waals surface area contributed by atoms with E-state index in [1.807, 2.05) is 13.8 Å². The van der Waals surface area contributed by atoms with Crippen molar-refractivity contribution >= 4 is 21.7 Å². The molecule has 1 aromatic carbocycles. The van der Waals surface area contributed by atoms with Crippen molar-refractivity contribution < 1.29 is 22.7 Å². The van der Waals surface area contributed by atoms with Crippen LogP contribution in [-0.4, -0.2) is 48.7 Å². The van der Waals surface area contributed by atoms with Crippen LogP contribution in [0.1, 0.15) is 39.8 Å². The van der Waals surface area contributed by atoms with Crippen LogP contribution in [-0.2, 0) is 9.84 Å². The number of ether oxygens (including phenoxy) is 2. The number of fused-ring (bicyclic) bond motifs is 1. The van der Waals surface area contributed by atoms with Crippen LogP contribution in [0.3, 0.4) is 0 Å². The van der Waals surface area contributed by atoms with Crippen LogP contribution < -0.4 is 9.47 Å². The third kappa shape index (κ3) is 3.56. The quantitative estimate of drug-likeness (QED) is 0.577. The topological polar surface area (TPSA) is 87.5 Å². The van der Waals surface area contributed by atoms with Crippen LogP contribution in [0.15, 0.2) is 24.3 Å². The molecular formula is C20H22N2O5S. The fourth-order valence-electron chi connectivity index (χ4n) is 3.69. The summed E-state index contributed by atoms with van der Waals surface area (Å²) in [5.74, 6) is 1.39. The van der Waals surface area contributed by atoms with Gasteiger partial charge in [0, 0.05) is 16.8 Å². The summed E-state index contributed by atoms with van der Waals surface area (Å²) in [4.78, 5) is 12.6. The van der Waals surface area contributed by atoms with E-state index in [4.69, 9.17) is 9.47 Å². The van der Waals surface area contributed by atoms with E-state index in [-0.39, 0.29) is 23.3 Å². The van der Waals surface area contributed by atoms with Crippen molar-refractivity contribution in [1.29, 1.82) is 0 Å². The summed E-state index contributed by atoms with van der Waals surface area (Å²) in [6.45, 7) is 4.74. The van der Waals surface area contributed by atoms with E-state index in [0.29, 0.717) is 36.7 Å². The molecule has 0 saturated carbocycles. The zero-order chi connectivity index (χ0) is 19.9. The Balaban J connectivity index is 1.56. The number of ketones is 1. The number of nitrogens with zero attached hydrogens (tertiary/aromatic N) is 2. The van der Waals surface area contributed by atoms with E-state index >= 15 is 0 Å². The Hall–Kier alpha value is -2.61. The molecule has 0 spiro atoms. The number of hydrogen-bond donors (Lipinski definition) is 0. The summed E-state index contributed by atoms with van der Waals surface area (Å²) in [5, 5.41) is 4.52. The second-order valence-electron chi connectivity index (χ2n) is 7.14. The maximum Gasteiger partial charge on any atom is 0.185 e. The van der Waals surface area contributed by atoms with Gasteiger partial charge in [-0.15, -0.1) is 0 Å². The van der Waals surface area contributed by atoms with Crippen LogP contribution in [0.4, 0.5) is 0 Å². The molecule has 1 aromatic heterocycles. The molecule has 0 N–H and O–H groups in total. The monoisotopic (exact) mass is 402 g/mol. The third-order valence-electron chi connectivity index (χ3n) is 5.16. The number of sulfone groups is 1. The summed E-state index contributed by atoms with van der Waals surface area (Å²) in [5.41, 5.74) is 3.00. The predicted octanol–water partition coefficient (Wildman–Crippen LogP) is 2.53. The van der Waals surface area contributed by atoms with E-state index in [2.05, 4.69) is 5.10 Å². The lowest BCUT2D eigenvalue weighted by Gasteiger charge is -2.18. The van der Waals surface area contributed by atoms with Crippen LogP contribution in [0.25, 0.3) is 6.08 Å². The lowest BCUT2D eigenvalue weighted by molar-refractivity contribution is 0.104. The zero-order valence-electron chi connectivity index (χ0n) is 15.8. The van der Waals surface area contributed by atoms with Gasteiger partial charge in [0.25, 0.3) is 0 Å². The summed E-state index contributed by atoms with van der Waals surface area (Å²) in [7, 11) is -2.99. The maximum absolute atomic E-state index is 12.6. The van der Waals surface area contributed by atoms with Crippen LogP contribution in [0.2, 0.25) is 0 Å². The Labute approximate surface area is 163 Å². The Morgan fingerprint density at radius 2 is 1.96 bits per heavy atom. The summed E-state index contributed by atoms with van der Waals surface area (Å²) < 4.78 is 36.3. The first-order valence-electron chi connectivity index (χ1n) is 9.22. The number of carbonyl (C=O) groups excluding carboxylic acids is 1. The highest BCUT2D eigenvalue weighted by atomic mass is 32.2. The molecule has 8 heteroatoms. The van der Waals surface area contributed by atoms with Crippen molar-refractivity contribution in [3.8, 4) is 11.5 Å². The van der Waals surface area contributed by atoms with Gasteiger partial charge in [-0.2, -0.15) is 5.10 Å². The molecule has 148 valence electrons. The van der Waals surface area contributed by atoms with Crippen molar-refractivity contribution in [1.82, 2.24) is 9.78 Å². The lowest BCUT2D eigenvalue weighted by atomic mass is 10.1. The van der Waals surface area contributed by atoms with E-state index in [1.54, 1.807) is 29.0 Å². The molecule has 0 bridgehead atoms. The van der Waals surface area contributed by atoms with Crippen molar-refractivity contribution in [3.63, 3.8) is 0 Å². The molecule has 2 aliphatic heterocycles. The van der Waals surface area contributed by atoms with Gasteiger partial charge >= 0.3 is 0 Å². The third-order valence-corrected chi connectivity index (χ3v) is 6.91. The van der Waals surface area contributed by atoms with Gasteiger partial charge < -0.3 is 9.47 Å². The molecule has 0 unspecified atom stereocenters. The second kappa shape index (κ2) is 7.09. The fourth-order valence-corrected chi connectivity index (χ4v) is 5.38. The number of carbonyl (C=O) groups is 1. The minimum absolute atomic E-state index is 0.119. The Morgan fingerprint density at radius 3 is 2.68 bits per heavy atom. The van der Waals surface area contributed by atoms with Gasteiger partial charge in [-0.05, 0) is 50.6 Å². The van der Waals surface area contributed by atoms with Gasteiger partial charge in [-0.3, -0.25) is 9.48 Å². The van der Waals surface area contributed by atoms with Gasteiger partial charge in [-0.25, -0.2) is 8.42 Å². The van der Waals surface area contributed by atoms with Crippen molar-refractivity contribution in [2.75, 3.05) is 24.7 Å². The minimum Gasteiger partial charge on any atom is -0.486 e. The molecular weight excluding hydrogens is 380 g/mol. The van der Waals surface area contributed by atoms with Gasteiger partial charge in [-0.1, -0.05) is 0 Å². The average molecular weight is 402 g/mol. The number of aromatic nitrogens is 2. The molecule has 28 heavy (non-hydrogen) atoms. The summed E-state index contributed by atoms with van der Waals surface area (Å²) >= 11 is 0. The first-order valence-corrected chi connectivity index (χ1v) is 11.0. The molecule has 7 nitrogen and oxygen atoms in total. The lowest BCUT2D eigenvalue weighted by Crippen LogP contribution is -2.15. The molecule has 0 aliphatic carbocycles. The molecule has 1 saturated heterocycles. The predicted molar refractivity (Wildman–Crippen MR) is 105 cm³/mol. The molecule has 0 amide bonds. The Kier molecular flexibility index (Phi) is 4.74. The first kappa shape index (κ1) is 18.7. The van der Waals surface area contributed by atoms with Gasteiger partial charge in [0.15, 0.2) is 27.1 Å². The molecule has 1 fully saturated rings. The van der Waals surface area contributed by atoms with Gasteiger partial charge in [0.2, 0.25) is 0 Å². The van der Waals surface area contributed by atoms with Crippen LogP contribution >= 0.6 is 0 Å². The molecule has 2 aliphatic rings. The number of rotatable bonds is 4. The van der Waals surface area contributed by atoms with E-state index in [0.717, 1.165) is 17.0 Å². The van der Waals surface area contributed by atoms with Gasteiger partial charge in [0.1, 0.15) is 13.2 Å². The fraction of sp³-hybridized carbons (Fsp3) is 0.400. The van der Waals surface area contributed by atoms with Crippen molar-refractivity contribution in [2.45, 2.75) is 26.3 Å². The smallest absolute Gasteiger partial charge is 0.185 e.